The van der Waals surface area contributed by atoms with E-state index in [-0.39, 0.29) is 6.61 Å². The highest BCUT2D eigenvalue weighted by molar-refractivity contribution is 5.98. The summed E-state index contributed by atoms with van der Waals surface area (Å²) in [7, 11) is 0. The molecule has 2 nitrogen and oxygen atoms in total. The Labute approximate surface area is 161 Å². The Kier molecular flexibility index (Phi) is 6.84. The van der Waals surface area contributed by atoms with Crippen molar-refractivity contribution in [3.05, 3.63) is 102 Å². The molecule has 0 amide bonds. The molecule has 0 saturated carbocycles. The molecular weight excluding hydrogens is 332 g/mol. The normalized spacial score (nSPS) is 11.8. The van der Waals surface area contributed by atoms with Gasteiger partial charge in [0, 0.05) is 13.0 Å². The van der Waals surface area contributed by atoms with Crippen molar-refractivity contribution in [3.8, 4) is 5.75 Å². The van der Waals surface area contributed by atoms with Gasteiger partial charge >= 0.3 is 0 Å². The first-order valence-electron chi connectivity index (χ1n) is 9.51. The fourth-order valence-electron chi connectivity index (χ4n) is 3.26. The fraction of sp³-hybridized carbons (Fsp3) is 0.200. The molecule has 0 aliphatic rings. The molecule has 0 spiro atoms. The van der Waals surface area contributed by atoms with Crippen LogP contribution in [0.2, 0.25) is 0 Å². The quantitative estimate of drug-likeness (QED) is 0.406. The first kappa shape index (κ1) is 18.9. The summed E-state index contributed by atoms with van der Waals surface area (Å²) in [6.07, 6.45) is 1.59. The zero-order valence-corrected chi connectivity index (χ0v) is 15.8. The molecule has 138 valence electrons. The van der Waals surface area contributed by atoms with E-state index in [0.717, 1.165) is 12.2 Å². The molecule has 0 heterocycles. The summed E-state index contributed by atoms with van der Waals surface area (Å²) in [5.74, 6) is 0.831. The molecule has 3 rings (SSSR count). The zero-order chi connectivity index (χ0) is 18.9. The maximum Gasteiger partial charge on any atom is 0.119 e. The van der Waals surface area contributed by atoms with E-state index in [2.05, 4.69) is 73.7 Å². The average molecular weight is 358 g/mol. The third-order valence-electron chi connectivity index (χ3n) is 4.55. The Morgan fingerprint density at radius 2 is 1.30 bits per heavy atom. The third-order valence-corrected chi connectivity index (χ3v) is 4.55. The van der Waals surface area contributed by atoms with E-state index in [1.165, 1.54) is 27.8 Å². The van der Waals surface area contributed by atoms with Gasteiger partial charge in [-0.25, -0.2) is 0 Å². The summed E-state index contributed by atoms with van der Waals surface area (Å²) in [5.41, 5.74) is 6.23. The van der Waals surface area contributed by atoms with Crippen molar-refractivity contribution < 1.29 is 9.84 Å². The lowest BCUT2D eigenvalue weighted by Crippen LogP contribution is -2.00. The Bertz CT molecular complexity index is 850. The summed E-state index contributed by atoms with van der Waals surface area (Å²) in [6, 6.07) is 29.4. The standard InChI is InChI=1S/C25H26O2/c1-2-24(20-10-5-3-6-11-20)25(21-12-7-4-8-13-21)22-14-16-23(17-15-22)27-19-9-18-26/h3-8,10-17,26H,2,9,18-19H2,1H3. The van der Waals surface area contributed by atoms with E-state index in [0.29, 0.717) is 13.0 Å². The molecule has 0 atom stereocenters. The predicted molar refractivity (Wildman–Crippen MR) is 113 cm³/mol. The third kappa shape index (κ3) is 4.87. The minimum absolute atomic E-state index is 0.149. The topological polar surface area (TPSA) is 29.5 Å². The van der Waals surface area contributed by atoms with E-state index in [1.807, 2.05) is 18.2 Å². The van der Waals surface area contributed by atoms with Crippen LogP contribution in [-0.4, -0.2) is 18.3 Å². The number of hydrogen-bond acceptors (Lipinski definition) is 2. The lowest BCUT2D eigenvalue weighted by atomic mass is 9.88. The molecule has 0 radical (unpaired) electrons. The van der Waals surface area contributed by atoms with E-state index in [4.69, 9.17) is 9.84 Å². The molecule has 0 aromatic heterocycles. The van der Waals surface area contributed by atoms with Crippen LogP contribution in [-0.2, 0) is 0 Å². The smallest absolute Gasteiger partial charge is 0.119 e. The summed E-state index contributed by atoms with van der Waals surface area (Å²) in [4.78, 5) is 0. The largest absolute Gasteiger partial charge is 0.494 e. The minimum atomic E-state index is 0.149. The van der Waals surface area contributed by atoms with Gasteiger partial charge in [-0.2, -0.15) is 0 Å². The highest BCUT2D eigenvalue weighted by Gasteiger charge is 2.12. The van der Waals surface area contributed by atoms with Crippen LogP contribution in [0.1, 0.15) is 36.5 Å². The van der Waals surface area contributed by atoms with Crippen LogP contribution in [0.25, 0.3) is 11.1 Å². The highest BCUT2D eigenvalue weighted by atomic mass is 16.5. The van der Waals surface area contributed by atoms with E-state index in [1.54, 1.807) is 0 Å². The molecule has 0 saturated heterocycles. The number of aliphatic hydroxyl groups is 1. The number of benzene rings is 3. The van der Waals surface area contributed by atoms with Gasteiger partial charge in [0.1, 0.15) is 5.75 Å². The maximum absolute atomic E-state index is 8.90. The average Bonchev–Trinajstić information content (AvgIpc) is 2.74. The lowest BCUT2D eigenvalue weighted by molar-refractivity contribution is 0.233. The number of hydrogen-bond donors (Lipinski definition) is 1. The summed E-state index contributed by atoms with van der Waals surface area (Å²) < 4.78 is 5.68. The van der Waals surface area contributed by atoms with E-state index >= 15 is 0 Å². The maximum atomic E-state index is 8.90. The van der Waals surface area contributed by atoms with Gasteiger partial charge in [0.05, 0.1) is 6.61 Å². The van der Waals surface area contributed by atoms with Crippen molar-refractivity contribution in [1.29, 1.82) is 0 Å². The second-order valence-electron chi connectivity index (χ2n) is 6.39. The van der Waals surface area contributed by atoms with Crippen molar-refractivity contribution in [3.63, 3.8) is 0 Å². The van der Waals surface area contributed by atoms with Crippen LogP contribution in [0.15, 0.2) is 84.9 Å². The molecule has 27 heavy (non-hydrogen) atoms. The molecule has 0 aliphatic carbocycles. The van der Waals surface area contributed by atoms with Crippen LogP contribution in [0, 0.1) is 0 Å². The fourth-order valence-corrected chi connectivity index (χ4v) is 3.26. The Morgan fingerprint density at radius 1 is 0.741 bits per heavy atom. The van der Waals surface area contributed by atoms with Crippen molar-refractivity contribution in [2.24, 2.45) is 0 Å². The van der Waals surface area contributed by atoms with E-state index < -0.39 is 0 Å². The van der Waals surface area contributed by atoms with E-state index in [9.17, 15) is 0 Å². The van der Waals surface area contributed by atoms with Crippen molar-refractivity contribution >= 4 is 11.1 Å². The van der Waals surface area contributed by atoms with Crippen LogP contribution in [0.3, 0.4) is 0 Å². The molecule has 0 aliphatic heterocycles. The second kappa shape index (κ2) is 9.75. The van der Waals surface area contributed by atoms with Crippen LogP contribution >= 0.6 is 0 Å². The van der Waals surface area contributed by atoms with Gasteiger partial charge in [0.15, 0.2) is 0 Å². The van der Waals surface area contributed by atoms with Gasteiger partial charge < -0.3 is 9.84 Å². The van der Waals surface area contributed by atoms with Gasteiger partial charge in [-0.3, -0.25) is 0 Å². The van der Waals surface area contributed by atoms with Crippen molar-refractivity contribution in [1.82, 2.24) is 0 Å². The first-order valence-corrected chi connectivity index (χ1v) is 9.51. The monoisotopic (exact) mass is 358 g/mol. The molecule has 0 bridgehead atoms. The molecule has 2 heteroatoms. The minimum Gasteiger partial charge on any atom is -0.494 e. The number of ether oxygens (including phenoxy) is 1. The van der Waals surface area contributed by atoms with Crippen LogP contribution < -0.4 is 4.74 Å². The predicted octanol–water partition coefficient (Wildman–Crippen LogP) is 5.82. The SMILES string of the molecule is CCC(=C(c1ccccc1)c1ccc(OCCCO)cc1)c1ccccc1. The zero-order valence-electron chi connectivity index (χ0n) is 15.8. The summed E-state index contributed by atoms with van der Waals surface area (Å²) in [6.45, 7) is 2.88. The first-order chi connectivity index (χ1) is 13.3. The summed E-state index contributed by atoms with van der Waals surface area (Å²) in [5, 5.41) is 8.90. The molecule has 3 aromatic rings. The van der Waals surface area contributed by atoms with Crippen LogP contribution in [0.5, 0.6) is 5.75 Å². The summed E-state index contributed by atoms with van der Waals surface area (Å²) >= 11 is 0. The van der Waals surface area contributed by atoms with Crippen molar-refractivity contribution in [2.45, 2.75) is 19.8 Å². The second-order valence-corrected chi connectivity index (χ2v) is 6.39. The van der Waals surface area contributed by atoms with Crippen molar-refractivity contribution in [2.75, 3.05) is 13.2 Å². The Hall–Kier alpha value is -2.84. The van der Waals surface area contributed by atoms with Gasteiger partial charge in [-0.05, 0) is 46.4 Å². The Morgan fingerprint density at radius 3 is 1.85 bits per heavy atom. The van der Waals surface area contributed by atoms with Gasteiger partial charge in [-0.15, -0.1) is 0 Å². The molecular formula is C25H26O2. The number of aliphatic hydroxyl groups excluding tert-OH is 1. The number of allylic oxidation sites excluding steroid dienone is 1. The molecule has 3 aromatic carbocycles. The Balaban J connectivity index is 2.04. The highest BCUT2D eigenvalue weighted by Crippen LogP contribution is 2.34. The molecule has 1 N–H and O–H groups in total. The van der Waals surface area contributed by atoms with Gasteiger partial charge in [-0.1, -0.05) is 79.7 Å². The molecule has 0 fully saturated rings. The van der Waals surface area contributed by atoms with Gasteiger partial charge in [0.2, 0.25) is 0 Å². The van der Waals surface area contributed by atoms with Gasteiger partial charge in [0.25, 0.3) is 0 Å². The molecule has 0 unspecified atom stereocenters. The number of rotatable bonds is 8. The van der Waals surface area contributed by atoms with Crippen LogP contribution in [0.4, 0.5) is 0 Å². The lowest BCUT2D eigenvalue weighted by Gasteiger charge is -2.17.